The number of benzene rings is 1. The van der Waals surface area contributed by atoms with Crippen molar-refractivity contribution in [1.29, 1.82) is 0 Å². The minimum atomic E-state index is -3.59. The lowest BCUT2D eigenvalue weighted by Gasteiger charge is -2.33. The van der Waals surface area contributed by atoms with Gasteiger partial charge < -0.3 is 10.1 Å². The van der Waals surface area contributed by atoms with Crippen molar-refractivity contribution in [2.45, 2.75) is 50.5 Å². The molecule has 2 heterocycles. The van der Waals surface area contributed by atoms with Crippen molar-refractivity contribution in [3.8, 4) is 5.75 Å². The van der Waals surface area contributed by atoms with E-state index < -0.39 is 27.1 Å². The van der Waals surface area contributed by atoms with Crippen LogP contribution in [0.1, 0.15) is 39.5 Å². The van der Waals surface area contributed by atoms with Crippen molar-refractivity contribution in [1.82, 2.24) is 14.6 Å². The van der Waals surface area contributed by atoms with Gasteiger partial charge in [0.15, 0.2) is 11.6 Å². The summed E-state index contributed by atoms with van der Waals surface area (Å²) in [5.41, 5.74) is -0.656. The van der Waals surface area contributed by atoms with Crippen LogP contribution in [0.5, 0.6) is 5.75 Å². The van der Waals surface area contributed by atoms with Crippen LogP contribution in [0.15, 0.2) is 47.6 Å². The van der Waals surface area contributed by atoms with Crippen LogP contribution in [0, 0.1) is 17.0 Å². The van der Waals surface area contributed by atoms with Crippen LogP contribution in [0.2, 0.25) is 0 Å². The molecule has 1 aromatic heterocycles. The fraction of sp³-hybridized carbons (Fsp3) is 0.478. The Morgan fingerprint density at radius 2 is 1.94 bits per heavy atom. The maximum absolute atomic E-state index is 13.2. The number of hydrogen-bond donors (Lipinski definition) is 1. The molecule has 33 heavy (non-hydrogen) atoms. The standard InChI is InChI=1S/C23H29F2N3O4S/c1-23(2,10-4-14-32-18-6-7-20(24)21(25)15-18)22(29)27-17-8-12-28(13-9-17)33(30,31)19-5-3-11-26-16-19/h3,5-7,11,15-17H,4,8-10,12-14H2,1-2H3,(H,27,29). The Kier molecular flexibility index (Phi) is 8.01. The number of nitrogens with zero attached hydrogens (tertiary/aromatic N) is 2. The van der Waals surface area contributed by atoms with Crippen LogP contribution < -0.4 is 10.1 Å². The highest BCUT2D eigenvalue weighted by Crippen LogP contribution is 2.25. The molecule has 1 aliphatic heterocycles. The largest absolute Gasteiger partial charge is 0.493 e. The molecule has 1 aliphatic rings. The molecule has 180 valence electrons. The summed E-state index contributed by atoms with van der Waals surface area (Å²) < 4.78 is 58.5. The molecule has 0 aliphatic carbocycles. The monoisotopic (exact) mass is 481 g/mol. The van der Waals surface area contributed by atoms with Gasteiger partial charge in [-0.2, -0.15) is 4.31 Å². The van der Waals surface area contributed by atoms with E-state index >= 15 is 0 Å². The quantitative estimate of drug-likeness (QED) is 0.554. The molecule has 0 saturated carbocycles. The smallest absolute Gasteiger partial charge is 0.244 e. The zero-order valence-electron chi connectivity index (χ0n) is 18.8. The molecular weight excluding hydrogens is 452 g/mol. The SMILES string of the molecule is CC(C)(CCCOc1ccc(F)c(F)c1)C(=O)NC1CCN(S(=O)(=O)c2cccnc2)CC1. The van der Waals surface area contributed by atoms with E-state index in [1.807, 2.05) is 13.8 Å². The third kappa shape index (κ3) is 6.48. The summed E-state index contributed by atoms with van der Waals surface area (Å²) in [6.07, 6.45) is 5.01. The maximum Gasteiger partial charge on any atom is 0.244 e. The van der Waals surface area contributed by atoms with E-state index in [0.29, 0.717) is 38.8 Å². The normalized spacial score (nSPS) is 15.9. The van der Waals surface area contributed by atoms with Gasteiger partial charge in [-0.25, -0.2) is 17.2 Å². The van der Waals surface area contributed by atoms with E-state index in [2.05, 4.69) is 10.3 Å². The Balaban J connectivity index is 1.43. The second kappa shape index (κ2) is 10.6. The fourth-order valence-electron chi connectivity index (χ4n) is 3.65. The van der Waals surface area contributed by atoms with E-state index in [-0.39, 0.29) is 29.2 Å². The molecule has 0 spiro atoms. The van der Waals surface area contributed by atoms with Crippen molar-refractivity contribution in [2.75, 3.05) is 19.7 Å². The molecule has 1 aromatic carbocycles. The number of pyridine rings is 1. The Bertz CT molecular complexity index is 1060. The molecule has 3 rings (SSSR count). The third-order valence-electron chi connectivity index (χ3n) is 5.78. The summed E-state index contributed by atoms with van der Waals surface area (Å²) in [4.78, 5) is 16.8. The molecule has 0 unspecified atom stereocenters. The molecule has 0 radical (unpaired) electrons. The van der Waals surface area contributed by atoms with Crippen LogP contribution in [-0.4, -0.2) is 49.4 Å². The first kappa shape index (κ1) is 25.0. The lowest BCUT2D eigenvalue weighted by molar-refractivity contribution is -0.130. The van der Waals surface area contributed by atoms with Crippen molar-refractivity contribution in [2.24, 2.45) is 5.41 Å². The molecule has 0 atom stereocenters. The first-order valence-electron chi connectivity index (χ1n) is 10.9. The highest BCUT2D eigenvalue weighted by molar-refractivity contribution is 7.89. The van der Waals surface area contributed by atoms with Gasteiger partial charge in [0.05, 0.1) is 6.61 Å². The number of hydrogen-bond acceptors (Lipinski definition) is 5. The van der Waals surface area contributed by atoms with Crippen LogP contribution in [0.25, 0.3) is 0 Å². The predicted molar refractivity (Wildman–Crippen MR) is 119 cm³/mol. The number of carbonyl (C=O) groups is 1. The van der Waals surface area contributed by atoms with Crippen molar-refractivity contribution >= 4 is 15.9 Å². The van der Waals surface area contributed by atoms with Gasteiger partial charge in [0.25, 0.3) is 0 Å². The highest BCUT2D eigenvalue weighted by Gasteiger charge is 2.33. The summed E-state index contributed by atoms with van der Waals surface area (Å²) in [5.74, 6) is -1.76. The van der Waals surface area contributed by atoms with E-state index in [4.69, 9.17) is 4.74 Å². The number of ether oxygens (including phenoxy) is 1. The first-order chi connectivity index (χ1) is 15.6. The fourth-order valence-corrected chi connectivity index (χ4v) is 5.09. The summed E-state index contributed by atoms with van der Waals surface area (Å²) in [7, 11) is -3.59. The minimum absolute atomic E-state index is 0.101. The first-order valence-corrected chi connectivity index (χ1v) is 12.3. The number of aromatic nitrogens is 1. The number of halogens is 2. The number of amides is 1. The van der Waals surface area contributed by atoms with Gasteiger partial charge in [0.2, 0.25) is 15.9 Å². The number of sulfonamides is 1. The lowest BCUT2D eigenvalue weighted by Crippen LogP contribution is -2.49. The topological polar surface area (TPSA) is 88.6 Å². The molecular formula is C23H29F2N3O4S. The molecule has 7 nitrogen and oxygen atoms in total. The Morgan fingerprint density at radius 1 is 1.21 bits per heavy atom. The maximum atomic E-state index is 13.2. The van der Waals surface area contributed by atoms with Crippen LogP contribution in [0.3, 0.4) is 0 Å². The molecule has 1 saturated heterocycles. The predicted octanol–water partition coefficient (Wildman–Crippen LogP) is 3.51. The molecule has 2 aromatic rings. The molecule has 0 bridgehead atoms. The Labute approximate surface area is 193 Å². The molecule has 10 heteroatoms. The molecule has 1 amide bonds. The highest BCUT2D eigenvalue weighted by atomic mass is 32.2. The van der Waals surface area contributed by atoms with Gasteiger partial charge in [0, 0.05) is 43.0 Å². The van der Waals surface area contributed by atoms with Crippen LogP contribution >= 0.6 is 0 Å². The van der Waals surface area contributed by atoms with Gasteiger partial charge in [0.1, 0.15) is 10.6 Å². The zero-order valence-corrected chi connectivity index (χ0v) is 19.6. The number of rotatable bonds is 9. The summed E-state index contributed by atoms with van der Waals surface area (Å²) in [5, 5.41) is 3.04. The van der Waals surface area contributed by atoms with Crippen LogP contribution in [0.4, 0.5) is 8.78 Å². The van der Waals surface area contributed by atoms with E-state index in [1.165, 1.54) is 28.8 Å². The zero-order chi connectivity index (χ0) is 24.1. The second-order valence-electron chi connectivity index (χ2n) is 8.75. The van der Waals surface area contributed by atoms with Crippen molar-refractivity contribution in [3.05, 3.63) is 54.4 Å². The van der Waals surface area contributed by atoms with Gasteiger partial charge in [-0.15, -0.1) is 0 Å². The number of piperidine rings is 1. The van der Waals surface area contributed by atoms with Gasteiger partial charge >= 0.3 is 0 Å². The van der Waals surface area contributed by atoms with Gasteiger partial charge in [-0.3, -0.25) is 9.78 Å². The lowest BCUT2D eigenvalue weighted by atomic mass is 9.86. The summed E-state index contributed by atoms with van der Waals surface area (Å²) >= 11 is 0. The number of nitrogens with one attached hydrogen (secondary N) is 1. The average molecular weight is 482 g/mol. The summed E-state index contributed by atoms with van der Waals surface area (Å²) in [6.45, 7) is 4.59. The minimum Gasteiger partial charge on any atom is -0.493 e. The van der Waals surface area contributed by atoms with Crippen molar-refractivity contribution in [3.63, 3.8) is 0 Å². The van der Waals surface area contributed by atoms with Gasteiger partial charge in [-0.05, 0) is 49.9 Å². The Morgan fingerprint density at radius 3 is 2.58 bits per heavy atom. The molecule has 1 N–H and O–H groups in total. The number of carbonyl (C=O) groups excluding carboxylic acids is 1. The second-order valence-corrected chi connectivity index (χ2v) is 10.7. The van der Waals surface area contributed by atoms with E-state index in [1.54, 1.807) is 6.07 Å². The average Bonchev–Trinajstić information content (AvgIpc) is 2.80. The molecule has 1 fully saturated rings. The third-order valence-corrected chi connectivity index (χ3v) is 7.66. The van der Waals surface area contributed by atoms with E-state index in [0.717, 1.165) is 12.1 Å². The van der Waals surface area contributed by atoms with Crippen LogP contribution in [-0.2, 0) is 14.8 Å². The summed E-state index contributed by atoms with van der Waals surface area (Å²) in [6, 6.07) is 6.37. The van der Waals surface area contributed by atoms with Gasteiger partial charge in [-0.1, -0.05) is 13.8 Å². The Hall–Kier alpha value is -2.59. The van der Waals surface area contributed by atoms with Crippen molar-refractivity contribution < 1.29 is 26.7 Å². The van der Waals surface area contributed by atoms with E-state index in [9.17, 15) is 22.0 Å².